The zero-order chi connectivity index (χ0) is 23.9. The summed E-state index contributed by atoms with van der Waals surface area (Å²) in [6.07, 6.45) is -1.29. The molecule has 3 N–H and O–H groups in total. The molecule has 0 radical (unpaired) electrons. The van der Waals surface area contributed by atoms with Gasteiger partial charge in [0.2, 0.25) is 11.8 Å². The van der Waals surface area contributed by atoms with Crippen LogP contribution < -0.4 is 15.9 Å². The van der Waals surface area contributed by atoms with E-state index >= 15 is 0 Å². The third-order valence-electron chi connectivity index (χ3n) is 5.09. The Kier molecular flexibility index (Phi) is 5.32. The van der Waals surface area contributed by atoms with Crippen molar-refractivity contribution < 1.29 is 22.7 Å². The maximum Gasteiger partial charge on any atom is 0.418 e. The van der Waals surface area contributed by atoms with Gasteiger partial charge in [-0.2, -0.15) is 23.4 Å². The van der Waals surface area contributed by atoms with Crippen LogP contribution in [0.1, 0.15) is 27.0 Å². The molecule has 8 nitrogen and oxygen atoms in total. The van der Waals surface area contributed by atoms with Gasteiger partial charge in [0.25, 0.3) is 0 Å². The molecule has 1 aromatic carbocycles. The first-order chi connectivity index (χ1) is 15.6. The molecule has 0 aliphatic heterocycles. The van der Waals surface area contributed by atoms with Crippen LogP contribution in [-0.4, -0.2) is 26.1 Å². The smallest absolute Gasteiger partial charge is 0.418 e. The van der Waals surface area contributed by atoms with Crippen LogP contribution in [0.2, 0.25) is 0 Å². The van der Waals surface area contributed by atoms with Crippen LogP contribution in [0.4, 0.5) is 13.2 Å². The van der Waals surface area contributed by atoms with Gasteiger partial charge in [-0.25, -0.2) is 4.98 Å². The van der Waals surface area contributed by atoms with Crippen molar-refractivity contribution in [1.29, 1.82) is 0 Å². The number of primary amides is 1. The molecule has 11 heteroatoms. The predicted molar refractivity (Wildman–Crippen MR) is 113 cm³/mol. The molecule has 33 heavy (non-hydrogen) atoms. The van der Waals surface area contributed by atoms with Gasteiger partial charge < -0.3 is 15.5 Å². The van der Waals surface area contributed by atoms with Gasteiger partial charge in [-0.15, -0.1) is 0 Å². The molecule has 0 bridgehead atoms. The highest BCUT2D eigenvalue weighted by Gasteiger charge is 2.35. The lowest BCUT2D eigenvalue weighted by Gasteiger charge is -2.18. The fourth-order valence-corrected chi connectivity index (χ4v) is 3.49. The number of nitrogens with zero attached hydrogens (tertiary/aromatic N) is 3. The molecule has 0 aliphatic rings. The van der Waals surface area contributed by atoms with Gasteiger partial charge in [-0.3, -0.25) is 9.59 Å². The second-order valence-corrected chi connectivity index (χ2v) is 7.25. The zero-order valence-corrected chi connectivity index (χ0v) is 17.3. The summed E-state index contributed by atoms with van der Waals surface area (Å²) in [5.41, 5.74) is 4.33. The number of benzene rings is 1. The minimum absolute atomic E-state index is 0.00542. The summed E-state index contributed by atoms with van der Waals surface area (Å²) in [6.45, 7) is 2.94. The van der Waals surface area contributed by atoms with E-state index in [0.717, 1.165) is 6.07 Å². The molecule has 3 aromatic heterocycles. The van der Waals surface area contributed by atoms with Gasteiger partial charge in [0.1, 0.15) is 0 Å². The van der Waals surface area contributed by atoms with Crippen molar-refractivity contribution in [3.05, 3.63) is 75.3 Å². The quantitative estimate of drug-likeness (QED) is 0.481. The molecular formula is C22H16F3N5O3. The first-order valence-electron chi connectivity index (χ1n) is 9.56. The van der Waals surface area contributed by atoms with E-state index in [1.54, 1.807) is 6.92 Å². The molecular weight excluding hydrogens is 439 g/mol. The molecule has 0 atom stereocenters. The Morgan fingerprint density at radius 1 is 1.12 bits per heavy atom. The molecule has 0 fully saturated rings. The topological polar surface area (TPSA) is 124 Å². The Morgan fingerprint density at radius 2 is 1.85 bits per heavy atom. The van der Waals surface area contributed by atoms with E-state index in [9.17, 15) is 22.8 Å². The van der Waals surface area contributed by atoms with E-state index in [2.05, 4.69) is 20.2 Å². The first kappa shape index (κ1) is 21.9. The average Bonchev–Trinajstić information content (AvgIpc) is 2.74. The van der Waals surface area contributed by atoms with Crippen molar-refractivity contribution in [2.45, 2.75) is 20.0 Å². The van der Waals surface area contributed by atoms with Gasteiger partial charge in [-0.1, -0.05) is 6.07 Å². The number of ether oxygens (including phenoxy) is 1. The van der Waals surface area contributed by atoms with Gasteiger partial charge >= 0.3 is 6.18 Å². The van der Waals surface area contributed by atoms with Gasteiger partial charge in [0.15, 0.2) is 11.2 Å². The number of hydrogen-bond acceptors (Lipinski definition) is 6. The van der Waals surface area contributed by atoms with E-state index in [1.807, 2.05) is 0 Å². The number of carbonyl (C=O) groups excluding carboxylic acids is 1. The van der Waals surface area contributed by atoms with Gasteiger partial charge in [0, 0.05) is 17.8 Å². The monoisotopic (exact) mass is 455 g/mol. The number of aromatic amines is 1. The molecule has 0 unspecified atom stereocenters. The van der Waals surface area contributed by atoms with Crippen molar-refractivity contribution >= 4 is 16.8 Å². The minimum Gasteiger partial charge on any atom is -0.436 e. The largest absolute Gasteiger partial charge is 0.436 e. The maximum absolute atomic E-state index is 13.6. The number of aromatic nitrogens is 4. The van der Waals surface area contributed by atoms with Crippen LogP contribution in [0.15, 0.2) is 47.7 Å². The van der Waals surface area contributed by atoms with Crippen molar-refractivity contribution in [2.75, 3.05) is 0 Å². The summed E-state index contributed by atoms with van der Waals surface area (Å²) in [7, 11) is 0. The van der Waals surface area contributed by atoms with Crippen LogP contribution in [0.25, 0.3) is 22.2 Å². The first-order valence-corrected chi connectivity index (χ1v) is 9.56. The van der Waals surface area contributed by atoms with E-state index in [-0.39, 0.29) is 44.9 Å². The number of carbonyl (C=O) groups is 1. The number of rotatable bonds is 4. The molecule has 0 aliphatic carbocycles. The number of nitrogens with two attached hydrogens (primary N) is 1. The van der Waals surface area contributed by atoms with E-state index < -0.39 is 23.1 Å². The standard InChI is InChI=1S/C22H16F3N5O3/c1-10-7-28-29-9-17(10)33-21-18(11(2)13(8-27-21)22(23,24)25)15-6-16(31)19-12(20(26)32)4-3-5-14(19)30-15/h3-9H,1-2H3,(H2,26,32)(H,30,31). The lowest BCUT2D eigenvalue weighted by Crippen LogP contribution is -2.16. The van der Waals surface area contributed by atoms with Crippen LogP contribution in [0, 0.1) is 13.8 Å². The van der Waals surface area contributed by atoms with E-state index in [1.165, 1.54) is 37.5 Å². The third kappa shape index (κ3) is 4.00. The Morgan fingerprint density at radius 3 is 2.52 bits per heavy atom. The van der Waals surface area contributed by atoms with Crippen LogP contribution in [0.3, 0.4) is 0 Å². The number of H-pyrrole nitrogens is 1. The Balaban J connectivity index is 2.01. The van der Waals surface area contributed by atoms with Gasteiger partial charge in [0.05, 0.1) is 45.7 Å². The molecule has 168 valence electrons. The summed E-state index contributed by atoms with van der Waals surface area (Å²) in [6, 6.07) is 5.50. The highest BCUT2D eigenvalue weighted by atomic mass is 19.4. The average molecular weight is 455 g/mol. The fourth-order valence-electron chi connectivity index (χ4n) is 3.49. The lowest BCUT2D eigenvalue weighted by atomic mass is 10.00. The molecule has 0 spiro atoms. The van der Waals surface area contributed by atoms with E-state index in [4.69, 9.17) is 10.5 Å². The summed E-state index contributed by atoms with van der Waals surface area (Å²) >= 11 is 0. The SMILES string of the molecule is Cc1cnncc1Oc1ncc(C(F)(F)F)c(C)c1-c1cc(=O)c2c(C(N)=O)cccc2[nH]1. The highest BCUT2D eigenvalue weighted by molar-refractivity contribution is 6.05. The summed E-state index contributed by atoms with van der Waals surface area (Å²) in [5.74, 6) is -0.741. The summed E-state index contributed by atoms with van der Waals surface area (Å²) in [5, 5.41) is 7.47. The van der Waals surface area contributed by atoms with Crippen LogP contribution in [-0.2, 0) is 6.18 Å². The summed E-state index contributed by atoms with van der Waals surface area (Å²) < 4.78 is 46.6. The van der Waals surface area contributed by atoms with Crippen LogP contribution >= 0.6 is 0 Å². The number of fused-ring (bicyclic) bond motifs is 1. The maximum atomic E-state index is 13.6. The number of amides is 1. The highest BCUT2D eigenvalue weighted by Crippen LogP contribution is 2.40. The number of aryl methyl sites for hydroxylation is 1. The Bertz CT molecular complexity index is 1460. The Labute approximate surface area is 184 Å². The Hall–Kier alpha value is -4.28. The van der Waals surface area contributed by atoms with Crippen LogP contribution in [0.5, 0.6) is 11.6 Å². The molecule has 0 saturated heterocycles. The molecule has 0 saturated carbocycles. The molecule has 4 rings (SSSR count). The molecule has 3 heterocycles. The third-order valence-corrected chi connectivity index (χ3v) is 5.09. The normalized spacial score (nSPS) is 11.5. The van der Waals surface area contributed by atoms with Crippen molar-refractivity contribution in [3.63, 3.8) is 0 Å². The lowest BCUT2D eigenvalue weighted by molar-refractivity contribution is -0.138. The molecule has 4 aromatic rings. The second kappa shape index (κ2) is 8.01. The number of alkyl halides is 3. The second-order valence-electron chi connectivity index (χ2n) is 7.25. The van der Waals surface area contributed by atoms with Crippen molar-refractivity contribution in [2.24, 2.45) is 5.73 Å². The van der Waals surface area contributed by atoms with Gasteiger partial charge in [-0.05, 0) is 31.5 Å². The summed E-state index contributed by atoms with van der Waals surface area (Å²) in [4.78, 5) is 31.4. The fraction of sp³-hybridized carbons (Fsp3) is 0.136. The number of nitrogens with one attached hydrogen (secondary N) is 1. The van der Waals surface area contributed by atoms with Crippen molar-refractivity contribution in [1.82, 2.24) is 20.2 Å². The minimum atomic E-state index is -4.69. The van der Waals surface area contributed by atoms with Crippen molar-refractivity contribution in [3.8, 4) is 22.9 Å². The number of pyridine rings is 2. The zero-order valence-electron chi connectivity index (χ0n) is 17.3. The van der Waals surface area contributed by atoms with E-state index in [0.29, 0.717) is 11.8 Å². The predicted octanol–water partition coefficient (Wildman–Crippen LogP) is 3.91. The number of halogens is 3. The number of hydrogen-bond donors (Lipinski definition) is 2. The molecule has 1 amide bonds.